The molecule has 2 heterocycles. The number of rotatable bonds is 6. The Bertz CT molecular complexity index is 980. The molecule has 2 aliphatic heterocycles. The van der Waals surface area contributed by atoms with E-state index in [9.17, 15) is 10.2 Å². The molecule has 2 atom stereocenters. The molecular weight excluding hydrogens is 517 g/mol. The van der Waals surface area contributed by atoms with E-state index in [0.717, 1.165) is 22.9 Å². The maximum absolute atomic E-state index is 11.4. The van der Waals surface area contributed by atoms with E-state index in [4.69, 9.17) is 33.9 Å². The van der Waals surface area contributed by atoms with Crippen molar-refractivity contribution >= 4 is 78.1 Å². The molecule has 14 heteroatoms. The van der Waals surface area contributed by atoms with Crippen molar-refractivity contribution in [3.63, 3.8) is 0 Å². The second kappa shape index (κ2) is 13.0. The third-order valence-corrected chi connectivity index (χ3v) is 6.65. The van der Waals surface area contributed by atoms with Crippen molar-refractivity contribution in [1.29, 1.82) is 0 Å². The van der Waals surface area contributed by atoms with E-state index in [2.05, 4.69) is 20.8 Å². The number of methoxy groups -OCH3 is 2. The Labute approximate surface area is 215 Å². The first-order valence-electron chi connectivity index (χ1n) is 9.76. The molecule has 2 aliphatic rings. The largest absolute Gasteiger partial charge is 0.831 e. The van der Waals surface area contributed by atoms with Gasteiger partial charge < -0.3 is 30.3 Å². The Morgan fingerprint density at radius 3 is 1.35 bits per heavy atom. The highest BCUT2D eigenvalue weighted by molar-refractivity contribution is 8.34. The molecule has 2 aromatic carbocycles. The number of nitrogens with zero attached hydrogens (tertiary/aromatic N) is 2. The molecule has 180 valence electrons. The normalized spacial score (nSPS) is 21.6. The van der Waals surface area contributed by atoms with E-state index in [0.29, 0.717) is 18.7 Å². The van der Waals surface area contributed by atoms with Gasteiger partial charge in [-0.3, -0.25) is 0 Å². The molecule has 0 spiro atoms. The molecule has 2 fully saturated rings. The summed E-state index contributed by atoms with van der Waals surface area (Å²) in [5.74, 6) is 1.57. The lowest BCUT2D eigenvalue weighted by Gasteiger charge is -2.12. The molecular formula is C20H22N6O4S4. The van der Waals surface area contributed by atoms with Gasteiger partial charge >= 0.3 is 0 Å². The predicted octanol–water partition coefficient (Wildman–Crippen LogP) is -0.977. The minimum atomic E-state index is -1.04. The summed E-state index contributed by atoms with van der Waals surface area (Å²) < 4.78 is 11.1. The number of thioether (sulfide) groups is 2. The fourth-order valence-electron chi connectivity index (χ4n) is 2.54. The van der Waals surface area contributed by atoms with E-state index in [1.54, 1.807) is 25.1 Å². The molecule has 0 aliphatic carbocycles. The van der Waals surface area contributed by atoms with Crippen LogP contribution in [-0.2, 0) is 0 Å². The number of hydrogen-bond acceptors (Lipinski definition) is 10. The quantitative estimate of drug-likeness (QED) is 0.157. The lowest BCUT2D eigenvalue weighted by Crippen LogP contribution is -2.72. The molecule has 2 unspecified atom stereocenters. The fourth-order valence-corrected chi connectivity index (χ4v) is 4.52. The van der Waals surface area contributed by atoms with Gasteiger partial charge in [-0.25, -0.2) is 0 Å². The Morgan fingerprint density at radius 2 is 1.09 bits per heavy atom. The zero-order chi connectivity index (χ0) is 24.5. The van der Waals surface area contributed by atoms with Gasteiger partial charge in [0.25, 0.3) is 0 Å². The average Bonchev–Trinajstić information content (AvgIpc) is 3.35. The maximum atomic E-state index is 11.4. The predicted molar refractivity (Wildman–Crippen MR) is 138 cm³/mol. The van der Waals surface area contributed by atoms with Gasteiger partial charge in [-0.2, -0.15) is 10.9 Å². The summed E-state index contributed by atoms with van der Waals surface area (Å²) in [6, 6.07) is 14.8. The monoisotopic (exact) mass is 538 g/mol. The standard InChI is InChI=1S/2C10H10N3O2S2/c2*1-15-7-4-2-6(3-5-7)12-13-9-8(14)11-10(16)17-9/h2*2-5,8,12H,1H3,(H,11,16)/q2*-1/p+2/b2*13-9+. The van der Waals surface area contributed by atoms with Crippen LogP contribution in [-0.4, -0.2) is 45.4 Å². The van der Waals surface area contributed by atoms with Gasteiger partial charge in [0, 0.05) is 36.7 Å². The van der Waals surface area contributed by atoms with Crippen molar-refractivity contribution in [3.8, 4) is 11.5 Å². The van der Waals surface area contributed by atoms with E-state index < -0.39 is 12.5 Å². The molecule has 34 heavy (non-hydrogen) atoms. The lowest BCUT2D eigenvalue weighted by atomic mass is 10.3. The van der Waals surface area contributed by atoms with Gasteiger partial charge in [0.1, 0.15) is 30.2 Å². The number of thiocarbonyl (C=S) groups is 2. The first kappa shape index (κ1) is 26.3. The van der Waals surface area contributed by atoms with Gasteiger partial charge in [0.05, 0.1) is 14.2 Å². The molecule has 6 N–H and O–H groups in total. The van der Waals surface area contributed by atoms with Gasteiger partial charge in [0.15, 0.2) is 11.4 Å². The molecule has 0 bridgehead atoms. The number of hydrogen-bond donors (Lipinski definition) is 4. The molecule has 0 amide bonds. The SMILES string of the molecule is COc1ccc([NH2+]/N=C2/SC(=S)NC2[O-])cc1.COc1ccc([NH2+]/N=C2/SC(=S)NC2[O-])cc1. The molecule has 4 rings (SSSR count). The molecule has 2 saturated heterocycles. The van der Waals surface area contributed by atoms with Crippen LogP contribution in [0.25, 0.3) is 0 Å². The summed E-state index contributed by atoms with van der Waals surface area (Å²) in [5.41, 5.74) is 5.10. The van der Waals surface area contributed by atoms with Crippen LogP contribution < -0.4 is 41.2 Å². The number of ether oxygens (including phenoxy) is 2. The van der Waals surface area contributed by atoms with Crippen molar-refractivity contribution in [2.24, 2.45) is 10.2 Å². The Kier molecular flexibility index (Phi) is 10.0. The molecule has 10 nitrogen and oxygen atoms in total. The van der Waals surface area contributed by atoms with E-state index in [1.165, 1.54) is 23.5 Å². The molecule has 0 radical (unpaired) electrons. The summed E-state index contributed by atoms with van der Waals surface area (Å²) >= 11 is 12.2. The summed E-state index contributed by atoms with van der Waals surface area (Å²) in [5, 5.41) is 37.1. The van der Waals surface area contributed by atoms with Crippen molar-refractivity contribution in [2.45, 2.75) is 12.5 Å². The van der Waals surface area contributed by atoms with Crippen LogP contribution in [0.5, 0.6) is 11.5 Å². The van der Waals surface area contributed by atoms with Crippen molar-refractivity contribution in [2.75, 3.05) is 14.2 Å². The third kappa shape index (κ3) is 7.89. The van der Waals surface area contributed by atoms with Crippen LogP contribution in [0.15, 0.2) is 58.7 Å². The van der Waals surface area contributed by atoms with Crippen LogP contribution in [0.4, 0.5) is 11.4 Å². The maximum Gasteiger partial charge on any atom is 0.156 e. The number of benzene rings is 2. The van der Waals surface area contributed by atoms with E-state index in [-0.39, 0.29) is 0 Å². The van der Waals surface area contributed by atoms with Crippen LogP contribution in [0.1, 0.15) is 0 Å². The van der Waals surface area contributed by atoms with Crippen LogP contribution in [0.3, 0.4) is 0 Å². The van der Waals surface area contributed by atoms with Gasteiger partial charge in [-0.1, -0.05) is 34.6 Å². The van der Waals surface area contributed by atoms with Crippen molar-refractivity contribution in [1.82, 2.24) is 10.6 Å². The average molecular weight is 539 g/mol. The number of nitrogens with two attached hydrogens (primary N) is 2. The number of nitrogens with one attached hydrogen (secondary N) is 2. The first-order chi connectivity index (χ1) is 16.4. The zero-order valence-corrected chi connectivity index (χ0v) is 21.4. The van der Waals surface area contributed by atoms with Crippen LogP contribution in [0.2, 0.25) is 0 Å². The molecule has 0 aromatic heterocycles. The second-order valence-electron chi connectivity index (χ2n) is 6.57. The minimum Gasteiger partial charge on any atom is -0.831 e. The smallest absolute Gasteiger partial charge is 0.156 e. The van der Waals surface area contributed by atoms with Crippen molar-refractivity contribution < 1.29 is 30.5 Å². The van der Waals surface area contributed by atoms with Gasteiger partial charge in [0.2, 0.25) is 0 Å². The van der Waals surface area contributed by atoms with Gasteiger partial charge in [-0.05, 0) is 47.8 Å². The highest BCUT2D eigenvalue weighted by atomic mass is 32.2. The fraction of sp³-hybridized carbons (Fsp3) is 0.200. The minimum absolute atomic E-state index is 0.450. The summed E-state index contributed by atoms with van der Waals surface area (Å²) in [6.45, 7) is 0. The van der Waals surface area contributed by atoms with E-state index >= 15 is 0 Å². The molecule has 2 aromatic rings. The third-order valence-electron chi connectivity index (χ3n) is 4.25. The number of quaternary nitrogens is 2. The summed E-state index contributed by atoms with van der Waals surface area (Å²) in [6.07, 6.45) is -2.08. The zero-order valence-electron chi connectivity index (χ0n) is 18.1. The highest BCUT2D eigenvalue weighted by Gasteiger charge is 2.20. The Morgan fingerprint density at radius 1 is 0.735 bits per heavy atom. The lowest BCUT2D eigenvalue weighted by molar-refractivity contribution is -0.578. The second-order valence-corrected chi connectivity index (χ2v) is 9.96. The van der Waals surface area contributed by atoms with Crippen molar-refractivity contribution in [3.05, 3.63) is 48.5 Å². The van der Waals surface area contributed by atoms with E-state index in [1.807, 2.05) is 48.5 Å². The summed E-state index contributed by atoms with van der Waals surface area (Å²) in [4.78, 5) is 0. The Balaban J connectivity index is 0.000000191. The first-order valence-corrected chi connectivity index (χ1v) is 12.2. The van der Waals surface area contributed by atoms with Crippen LogP contribution >= 0.6 is 48.0 Å². The van der Waals surface area contributed by atoms with Gasteiger partial charge in [-0.15, -0.1) is 0 Å². The summed E-state index contributed by atoms with van der Waals surface area (Å²) in [7, 11) is 3.23. The molecule has 0 saturated carbocycles. The Hall–Kier alpha value is -2.30. The topological polar surface area (TPSA) is 147 Å². The van der Waals surface area contributed by atoms with Crippen LogP contribution in [0, 0.1) is 0 Å². The highest BCUT2D eigenvalue weighted by Crippen LogP contribution is 2.16.